The van der Waals surface area contributed by atoms with Gasteiger partial charge in [-0.2, -0.15) is 0 Å². The van der Waals surface area contributed by atoms with E-state index in [1.165, 1.54) is 10.4 Å². The predicted molar refractivity (Wildman–Crippen MR) is 64.6 cm³/mol. The van der Waals surface area contributed by atoms with Gasteiger partial charge in [-0.15, -0.1) is 11.3 Å². The summed E-state index contributed by atoms with van der Waals surface area (Å²) in [6, 6.07) is 2.20. The summed E-state index contributed by atoms with van der Waals surface area (Å²) < 4.78 is 2.13. The number of aryl methyl sites for hydroxylation is 1. The summed E-state index contributed by atoms with van der Waals surface area (Å²) in [6.45, 7) is 3.11. The lowest BCUT2D eigenvalue weighted by atomic mass is 10.2. The smallest absolute Gasteiger partial charge is 0.202 e. The van der Waals surface area contributed by atoms with Gasteiger partial charge in [-0.05, 0) is 23.4 Å². The monoisotopic (exact) mass is 221 g/mol. The summed E-state index contributed by atoms with van der Waals surface area (Å²) in [7, 11) is 1.90. The van der Waals surface area contributed by atoms with Gasteiger partial charge in [0, 0.05) is 24.3 Å². The van der Waals surface area contributed by atoms with E-state index in [2.05, 4.69) is 33.2 Å². The lowest BCUT2D eigenvalue weighted by molar-refractivity contribution is 0.809. The molecule has 2 aromatic heterocycles. The molecule has 0 saturated heterocycles. The van der Waals surface area contributed by atoms with Crippen LogP contribution in [-0.2, 0) is 13.0 Å². The number of hydrogen-bond donors (Lipinski definition) is 1. The minimum atomic E-state index is 0.914. The Kier molecular flexibility index (Phi) is 3.06. The number of aromatic nitrogens is 2. The molecule has 4 heteroatoms. The summed E-state index contributed by atoms with van der Waals surface area (Å²) in [4.78, 5) is 5.65. The van der Waals surface area contributed by atoms with Crippen LogP contribution < -0.4 is 5.32 Å². The van der Waals surface area contributed by atoms with Crippen LogP contribution in [0.15, 0.2) is 23.8 Å². The molecule has 0 unspecified atom stereocenters. The number of hydrogen-bond acceptors (Lipinski definition) is 3. The summed E-state index contributed by atoms with van der Waals surface area (Å²) in [5, 5.41) is 5.24. The molecule has 0 spiro atoms. The summed E-state index contributed by atoms with van der Waals surface area (Å²) in [6.07, 6.45) is 4.93. The van der Waals surface area contributed by atoms with Gasteiger partial charge in [0.05, 0.1) is 6.54 Å². The molecule has 2 heterocycles. The first-order valence-electron chi connectivity index (χ1n) is 5.09. The highest BCUT2D eigenvalue weighted by atomic mass is 32.1. The normalized spacial score (nSPS) is 10.5. The minimum absolute atomic E-state index is 0.914. The van der Waals surface area contributed by atoms with Gasteiger partial charge < -0.3 is 9.88 Å². The Morgan fingerprint density at radius 2 is 2.40 bits per heavy atom. The highest BCUT2D eigenvalue weighted by Gasteiger charge is 2.05. The fourth-order valence-corrected chi connectivity index (χ4v) is 2.61. The molecule has 2 rings (SSSR count). The third-order valence-electron chi connectivity index (χ3n) is 2.47. The van der Waals surface area contributed by atoms with Gasteiger partial charge in [0.15, 0.2) is 0 Å². The second kappa shape index (κ2) is 4.49. The molecule has 0 aliphatic heterocycles. The lowest BCUT2D eigenvalue weighted by Crippen LogP contribution is -2.04. The van der Waals surface area contributed by atoms with Gasteiger partial charge in [0.2, 0.25) is 5.95 Å². The van der Waals surface area contributed by atoms with E-state index in [1.54, 1.807) is 0 Å². The molecule has 0 aromatic carbocycles. The van der Waals surface area contributed by atoms with Crippen LogP contribution in [0.2, 0.25) is 0 Å². The third kappa shape index (κ3) is 2.04. The molecule has 0 aliphatic carbocycles. The van der Waals surface area contributed by atoms with Crippen molar-refractivity contribution >= 4 is 17.3 Å². The first-order chi connectivity index (χ1) is 7.35. The van der Waals surface area contributed by atoms with Crippen molar-refractivity contribution in [3.05, 3.63) is 34.3 Å². The van der Waals surface area contributed by atoms with E-state index in [0.29, 0.717) is 0 Å². The van der Waals surface area contributed by atoms with Crippen molar-refractivity contribution in [3.63, 3.8) is 0 Å². The quantitative estimate of drug-likeness (QED) is 0.860. The Labute approximate surface area is 93.8 Å². The molecule has 0 atom stereocenters. The van der Waals surface area contributed by atoms with Crippen LogP contribution >= 0.6 is 11.3 Å². The van der Waals surface area contributed by atoms with Crippen molar-refractivity contribution in [2.75, 3.05) is 12.4 Å². The Morgan fingerprint density at radius 3 is 3.13 bits per heavy atom. The minimum Gasteiger partial charge on any atom is -0.359 e. The number of rotatable bonds is 4. The van der Waals surface area contributed by atoms with Crippen molar-refractivity contribution in [2.24, 2.45) is 0 Å². The largest absolute Gasteiger partial charge is 0.359 e. The summed E-state index contributed by atoms with van der Waals surface area (Å²) >= 11 is 1.82. The molecule has 0 radical (unpaired) electrons. The van der Waals surface area contributed by atoms with E-state index in [9.17, 15) is 0 Å². The molecule has 0 saturated carbocycles. The molecule has 3 nitrogen and oxygen atoms in total. The zero-order chi connectivity index (χ0) is 10.7. The molecule has 0 aliphatic rings. The molecule has 1 N–H and O–H groups in total. The fraction of sp³-hybridized carbons (Fsp3) is 0.364. The van der Waals surface area contributed by atoms with E-state index in [1.807, 2.05) is 30.8 Å². The van der Waals surface area contributed by atoms with E-state index in [4.69, 9.17) is 0 Å². The highest BCUT2D eigenvalue weighted by molar-refractivity contribution is 7.10. The van der Waals surface area contributed by atoms with Crippen LogP contribution in [0.25, 0.3) is 0 Å². The number of thiophene rings is 1. The van der Waals surface area contributed by atoms with E-state index < -0.39 is 0 Å². The number of anilines is 1. The summed E-state index contributed by atoms with van der Waals surface area (Å²) in [5.74, 6) is 0.922. The van der Waals surface area contributed by atoms with Crippen molar-refractivity contribution < 1.29 is 0 Å². The maximum absolute atomic E-state index is 4.23. The van der Waals surface area contributed by atoms with Gasteiger partial charge in [-0.25, -0.2) is 4.98 Å². The number of imidazole rings is 1. The number of nitrogens with zero attached hydrogens (tertiary/aromatic N) is 2. The molecular formula is C11H15N3S. The van der Waals surface area contributed by atoms with Crippen molar-refractivity contribution in [3.8, 4) is 0 Å². The maximum atomic E-state index is 4.23. The summed E-state index contributed by atoms with van der Waals surface area (Å²) in [5.41, 5.74) is 1.44. The van der Waals surface area contributed by atoms with E-state index >= 15 is 0 Å². The topological polar surface area (TPSA) is 29.9 Å². The second-order valence-corrected chi connectivity index (χ2v) is 4.35. The predicted octanol–water partition coefficient (Wildman–Crippen LogP) is 2.60. The Hall–Kier alpha value is -1.29. The Balaban J connectivity index is 2.21. The van der Waals surface area contributed by atoms with Crippen molar-refractivity contribution in [2.45, 2.75) is 19.9 Å². The van der Waals surface area contributed by atoms with Crippen molar-refractivity contribution in [1.82, 2.24) is 9.55 Å². The van der Waals surface area contributed by atoms with Crippen LogP contribution in [0, 0.1) is 0 Å². The Morgan fingerprint density at radius 1 is 1.53 bits per heavy atom. The van der Waals surface area contributed by atoms with Gasteiger partial charge in [0.25, 0.3) is 0 Å². The third-order valence-corrected chi connectivity index (χ3v) is 3.42. The van der Waals surface area contributed by atoms with Crippen LogP contribution in [0.1, 0.15) is 17.4 Å². The molecule has 0 bridgehead atoms. The average molecular weight is 221 g/mol. The lowest BCUT2D eigenvalue weighted by Gasteiger charge is -2.06. The standard InChI is InChI=1S/C11H15N3S/c1-3-9-4-7-15-10(9)8-14-6-5-13-11(14)12-2/h4-7H,3,8H2,1-2H3,(H,12,13). The molecular weight excluding hydrogens is 206 g/mol. The van der Waals surface area contributed by atoms with E-state index in [-0.39, 0.29) is 0 Å². The van der Waals surface area contributed by atoms with Crippen LogP contribution in [0.3, 0.4) is 0 Å². The molecule has 0 amide bonds. The second-order valence-electron chi connectivity index (χ2n) is 3.35. The van der Waals surface area contributed by atoms with Gasteiger partial charge in [0.1, 0.15) is 0 Å². The van der Waals surface area contributed by atoms with Crippen molar-refractivity contribution in [1.29, 1.82) is 0 Å². The molecule has 15 heavy (non-hydrogen) atoms. The zero-order valence-corrected chi connectivity index (χ0v) is 9.84. The molecule has 80 valence electrons. The number of nitrogens with one attached hydrogen (secondary N) is 1. The first kappa shape index (κ1) is 10.2. The zero-order valence-electron chi connectivity index (χ0n) is 9.03. The van der Waals surface area contributed by atoms with Gasteiger partial charge in [-0.3, -0.25) is 0 Å². The Bertz CT molecular complexity index is 390. The molecule has 2 aromatic rings. The fourth-order valence-electron chi connectivity index (χ4n) is 1.64. The maximum Gasteiger partial charge on any atom is 0.202 e. The average Bonchev–Trinajstić information content (AvgIpc) is 2.87. The first-order valence-corrected chi connectivity index (χ1v) is 5.97. The SMILES string of the molecule is CCc1ccsc1Cn1ccnc1NC. The van der Waals surface area contributed by atoms with E-state index in [0.717, 1.165) is 18.9 Å². The van der Waals surface area contributed by atoms with Crippen LogP contribution in [-0.4, -0.2) is 16.6 Å². The molecule has 0 fully saturated rings. The van der Waals surface area contributed by atoms with Crippen LogP contribution in [0.4, 0.5) is 5.95 Å². The van der Waals surface area contributed by atoms with Gasteiger partial charge >= 0.3 is 0 Å². The highest BCUT2D eigenvalue weighted by Crippen LogP contribution is 2.20. The van der Waals surface area contributed by atoms with Gasteiger partial charge in [-0.1, -0.05) is 6.92 Å². The van der Waals surface area contributed by atoms with Crippen LogP contribution in [0.5, 0.6) is 0 Å².